The quantitative estimate of drug-likeness (QED) is 0.720. The van der Waals surface area contributed by atoms with Gasteiger partial charge in [0.1, 0.15) is 6.54 Å². The van der Waals surface area contributed by atoms with Crippen LogP contribution in [0.4, 0.5) is 10.5 Å². The first kappa shape index (κ1) is 19.7. The molecule has 1 heterocycles. The summed E-state index contributed by atoms with van der Waals surface area (Å²) in [4.78, 5) is 48.6. The van der Waals surface area contributed by atoms with E-state index < -0.39 is 29.6 Å². The molecule has 7 nitrogen and oxygen atoms in total. The molecule has 9 heteroatoms. The molecule has 0 saturated carbocycles. The van der Waals surface area contributed by atoms with Crippen molar-refractivity contribution in [1.82, 2.24) is 4.90 Å². The number of hydrogen-bond donors (Lipinski definition) is 2. The molecule has 2 aromatic rings. The van der Waals surface area contributed by atoms with Crippen molar-refractivity contribution in [2.75, 3.05) is 11.9 Å². The van der Waals surface area contributed by atoms with Crippen molar-refractivity contribution in [3.8, 4) is 0 Å². The summed E-state index contributed by atoms with van der Waals surface area (Å²) in [6, 6.07) is 12.4. The van der Waals surface area contributed by atoms with E-state index in [9.17, 15) is 19.2 Å². The second-order valence-corrected chi connectivity index (χ2v) is 7.12. The fourth-order valence-corrected chi connectivity index (χ4v) is 3.43. The molecule has 1 aliphatic rings. The number of nitrogens with zero attached hydrogens (tertiary/aromatic N) is 1. The normalized spacial score (nSPS) is 15.2. The number of thioether (sulfide) groups is 1. The summed E-state index contributed by atoms with van der Waals surface area (Å²) in [5, 5.41) is 11.3. The van der Waals surface area contributed by atoms with Crippen LogP contribution in [-0.2, 0) is 9.59 Å². The number of anilines is 1. The number of halogens is 1. The number of benzene rings is 2. The Hall–Kier alpha value is -3.10. The van der Waals surface area contributed by atoms with Crippen molar-refractivity contribution in [2.24, 2.45) is 0 Å². The van der Waals surface area contributed by atoms with Crippen LogP contribution in [0.2, 0.25) is 5.02 Å². The van der Waals surface area contributed by atoms with Crippen molar-refractivity contribution < 1.29 is 24.3 Å². The Labute approximate surface area is 169 Å². The molecule has 0 aromatic heterocycles. The third-order valence-electron chi connectivity index (χ3n) is 3.78. The minimum Gasteiger partial charge on any atom is -0.478 e. The molecule has 1 saturated heterocycles. The third kappa shape index (κ3) is 4.41. The van der Waals surface area contributed by atoms with Gasteiger partial charge in [0.15, 0.2) is 0 Å². The monoisotopic (exact) mass is 416 g/mol. The van der Waals surface area contributed by atoms with Crippen LogP contribution < -0.4 is 5.32 Å². The third-order valence-corrected chi connectivity index (χ3v) is 5.03. The molecule has 142 valence electrons. The first-order valence-electron chi connectivity index (χ1n) is 7.98. The Balaban J connectivity index is 1.68. The van der Waals surface area contributed by atoms with Gasteiger partial charge in [0, 0.05) is 10.7 Å². The van der Waals surface area contributed by atoms with E-state index in [1.54, 1.807) is 24.3 Å². The summed E-state index contributed by atoms with van der Waals surface area (Å²) in [5.74, 6) is -2.24. The number of aromatic carboxylic acids is 1. The van der Waals surface area contributed by atoms with Crippen LogP contribution >= 0.6 is 23.4 Å². The van der Waals surface area contributed by atoms with Crippen LogP contribution in [0.5, 0.6) is 0 Å². The lowest BCUT2D eigenvalue weighted by Crippen LogP contribution is -2.36. The second kappa shape index (κ2) is 8.28. The number of nitrogens with one attached hydrogen (secondary N) is 1. The summed E-state index contributed by atoms with van der Waals surface area (Å²) in [6.45, 7) is -0.453. The molecule has 0 bridgehead atoms. The molecule has 1 fully saturated rings. The zero-order chi connectivity index (χ0) is 20.3. The van der Waals surface area contributed by atoms with Crippen LogP contribution in [0.15, 0.2) is 53.4 Å². The van der Waals surface area contributed by atoms with Gasteiger partial charge in [0.2, 0.25) is 5.91 Å². The first-order chi connectivity index (χ1) is 13.3. The van der Waals surface area contributed by atoms with Gasteiger partial charge in [0.25, 0.3) is 11.1 Å². The maximum atomic E-state index is 12.5. The van der Waals surface area contributed by atoms with E-state index in [1.165, 1.54) is 30.3 Å². The standard InChI is InChI=1S/C19H13ClN2O5S/c20-14-4-2-1-3-12(14)9-15-17(24)22(19(27)28-15)10-16(23)21-13-7-5-11(6-8-13)18(25)26/h1-9H,10H2,(H,21,23)(H,25,26)/b15-9-. The molecule has 0 atom stereocenters. The maximum absolute atomic E-state index is 12.5. The van der Waals surface area contributed by atoms with Crippen molar-refractivity contribution in [3.05, 3.63) is 69.6 Å². The zero-order valence-corrected chi connectivity index (χ0v) is 15.8. The lowest BCUT2D eigenvalue weighted by molar-refractivity contribution is -0.127. The minimum atomic E-state index is -1.08. The predicted molar refractivity (Wildman–Crippen MR) is 106 cm³/mol. The minimum absolute atomic E-state index is 0.0775. The average Bonchev–Trinajstić information content (AvgIpc) is 2.91. The number of hydrogen-bond acceptors (Lipinski definition) is 5. The Kier molecular flexibility index (Phi) is 5.81. The van der Waals surface area contributed by atoms with Crippen molar-refractivity contribution >= 4 is 58.1 Å². The smallest absolute Gasteiger partial charge is 0.335 e. The molecule has 0 aliphatic carbocycles. The van der Waals surface area contributed by atoms with Gasteiger partial charge in [-0.3, -0.25) is 19.3 Å². The highest BCUT2D eigenvalue weighted by molar-refractivity contribution is 8.18. The fraction of sp³-hybridized carbons (Fsp3) is 0.0526. The molecule has 0 radical (unpaired) electrons. The maximum Gasteiger partial charge on any atom is 0.335 e. The lowest BCUT2D eigenvalue weighted by Gasteiger charge is -2.12. The van der Waals surface area contributed by atoms with E-state index in [4.69, 9.17) is 16.7 Å². The van der Waals surface area contributed by atoms with Gasteiger partial charge in [-0.1, -0.05) is 29.8 Å². The van der Waals surface area contributed by atoms with E-state index >= 15 is 0 Å². The molecule has 1 aliphatic heterocycles. The van der Waals surface area contributed by atoms with E-state index in [0.29, 0.717) is 16.3 Å². The topological polar surface area (TPSA) is 104 Å². The number of carbonyl (C=O) groups excluding carboxylic acids is 3. The Morgan fingerprint density at radius 1 is 1.11 bits per heavy atom. The molecule has 3 amide bonds. The van der Waals surface area contributed by atoms with E-state index in [1.807, 2.05) is 0 Å². The van der Waals surface area contributed by atoms with Gasteiger partial charge in [-0.2, -0.15) is 0 Å². The van der Waals surface area contributed by atoms with Crippen LogP contribution in [0.3, 0.4) is 0 Å². The summed E-state index contributed by atoms with van der Waals surface area (Å²) >= 11 is 6.80. The van der Waals surface area contributed by atoms with Gasteiger partial charge in [0.05, 0.1) is 10.5 Å². The van der Waals surface area contributed by atoms with E-state index in [-0.39, 0.29) is 10.5 Å². The largest absolute Gasteiger partial charge is 0.478 e. The molecule has 2 N–H and O–H groups in total. The SMILES string of the molecule is O=C(CN1C(=O)S/C(=C\c2ccccc2Cl)C1=O)Nc1ccc(C(=O)O)cc1. The fourth-order valence-electron chi connectivity index (χ4n) is 2.41. The van der Waals surface area contributed by atoms with Gasteiger partial charge >= 0.3 is 5.97 Å². The van der Waals surface area contributed by atoms with Crippen molar-refractivity contribution in [2.45, 2.75) is 0 Å². The highest BCUT2D eigenvalue weighted by atomic mass is 35.5. The van der Waals surface area contributed by atoms with Gasteiger partial charge in [-0.25, -0.2) is 4.79 Å². The Morgan fingerprint density at radius 2 is 1.79 bits per heavy atom. The molecule has 3 rings (SSSR count). The number of carbonyl (C=O) groups is 4. The molecular formula is C19H13ClN2O5S. The van der Waals surface area contributed by atoms with Crippen molar-refractivity contribution in [3.63, 3.8) is 0 Å². The summed E-state index contributed by atoms with van der Waals surface area (Å²) in [5.41, 5.74) is 1.03. The predicted octanol–water partition coefficient (Wildman–Crippen LogP) is 3.71. The van der Waals surface area contributed by atoms with Gasteiger partial charge < -0.3 is 10.4 Å². The first-order valence-corrected chi connectivity index (χ1v) is 9.17. The highest BCUT2D eigenvalue weighted by Gasteiger charge is 2.36. The second-order valence-electron chi connectivity index (χ2n) is 5.72. The number of carboxylic acid groups (broad SMARTS) is 1. The van der Waals surface area contributed by atoms with Crippen LogP contribution in [0, 0.1) is 0 Å². The average molecular weight is 417 g/mol. The zero-order valence-electron chi connectivity index (χ0n) is 14.2. The van der Waals surface area contributed by atoms with Crippen LogP contribution in [-0.4, -0.2) is 39.6 Å². The molecule has 28 heavy (non-hydrogen) atoms. The Morgan fingerprint density at radius 3 is 2.43 bits per heavy atom. The van der Waals surface area contributed by atoms with E-state index in [2.05, 4.69) is 5.32 Å². The molecule has 2 aromatic carbocycles. The molecule has 0 spiro atoms. The summed E-state index contributed by atoms with van der Waals surface area (Å²) in [6.07, 6.45) is 1.51. The highest BCUT2D eigenvalue weighted by Crippen LogP contribution is 2.33. The van der Waals surface area contributed by atoms with Gasteiger partial charge in [-0.05, 0) is 53.7 Å². The number of imide groups is 1. The van der Waals surface area contributed by atoms with Crippen LogP contribution in [0.25, 0.3) is 6.08 Å². The summed E-state index contributed by atoms with van der Waals surface area (Å²) in [7, 11) is 0. The summed E-state index contributed by atoms with van der Waals surface area (Å²) < 4.78 is 0. The molecular weight excluding hydrogens is 404 g/mol. The lowest BCUT2D eigenvalue weighted by atomic mass is 10.2. The van der Waals surface area contributed by atoms with Gasteiger partial charge in [-0.15, -0.1) is 0 Å². The number of rotatable bonds is 5. The number of carboxylic acids is 1. The van der Waals surface area contributed by atoms with Crippen molar-refractivity contribution in [1.29, 1.82) is 0 Å². The Bertz CT molecular complexity index is 1000. The number of amides is 3. The molecule has 0 unspecified atom stereocenters. The van der Waals surface area contributed by atoms with E-state index in [0.717, 1.165) is 16.7 Å². The van der Waals surface area contributed by atoms with Crippen LogP contribution in [0.1, 0.15) is 15.9 Å².